The van der Waals surface area contributed by atoms with Gasteiger partial charge < -0.3 is 10.2 Å². The predicted molar refractivity (Wildman–Crippen MR) is 80.5 cm³/mol. The van der Waals surface area contributed by atoms with E-state index in [1.807, 2.05) is 21.0 Å². The van der Waals surface area contributed by atoms with Crippen LogP contribution < -0.4 is 5.32 Å². The van der Waals surface area contributed by atoms with E-state index in [-0.39, 0.29) is 11.6 Å². The minimum absolute atomic E-state index is 0.166. The lowest BCUT2D eigenvalue weighted by Crippen LogP contribution is -2.52. The van der Waals surface area contributed by atoms with Crippen molar-refractivity contribution in [3.63, 3.8) is 0 Å². The highest BCUT2D eigenvalue weighted by Crippen LogP contribution is 2.41. The van der Waals surface area contributed by atoms with Gasteiger partial charge in [0, 0.05) is 16.6 Å². The average Bonchev–Trinajstić information content (AvgIpc) is 2.88. The summed E-state index contributed by atoms with van der Waals surface area (Å²) in [7, 11) is 3.95. The highest BCUT2D eigenvalue weighted by atomic mass is 32.1. The summed E-state index contributed by atoms with van der Waals surface area (Å²) in [4.78, 5) is 6.31. The third kappa shape index (κ3) is 3.76. The summed E-state index contributed by atoms with van der Waals surface area (Å²) in [6.45, 7) is 6.79. The number of rotatable bonds is 7. The third-order valence-electron chi connectivity index (χ3n) is 4.11. The molecule has 0 bridgehead atoms. The van der Waals surface area contributed by atoms with Crippen molar-refractivity contribution in [1.82, 2.24) is 15.2 Å². The summed E-state index contributed by atoms with van der Waals surface area (Å²) in [6.07, 6.45) is -1.33. The number of nitrogens with zero attached hydrogens (tertiary/aromatic N) is 2. The Hall–Kier alpha value is -0.660. The molecule has 0 aromatic carbocycles. The van der Waals surface area contributed by atoms with E-state index in [2.05, 4.69) is 29.0 Å². The molecule has 0 aliphatic heterocycles. The number of likely N-dealkylation sites (N-methyl/N-ethyl adjacent to an activating group) is 2. The van der Waals surface area contributed by atoms with Gasteiger partial charge in [-0.2, -0.15) is 13.2 Å². The highest BCUT2D eigenvalue weighted by molar-refractivity contribution is 7.11. The largest absolute Gasteiger partial charge is 0.443 e. The predicted octanol–water partition coefficient (Wildman–Crippen LogP) is 3.93. The average molecular weight is 323 g/mol. The topological polar surface area (TPSA) is 28.2 Å². The smallest absolute Gasteiger partial charge is 0.308 e. The Morgan fingerprint density at radius 2 is 1.81 bits per heavy atom. The lowest BCUT2D eigenvalue weighted by Gasteiger charge is -2.45. The zero-order chi connectivity index (χ0) is 16.3. The first-order valence-electron chi connectivity index (χ1n) is 7.16. The normalized spacial score (nSPS) is 14.7. The maximum absolute atomic E-state index is 12.8. The summed E-state index contributed by atoms with van der Waals surface area (Å²) >= 11 is 0.738. The molecule has 3 nitrogen and oxygen atoms in total. The molecule has 1 aromatic heterocycles. The molecule has 0 radical (unpaired) electrons. The van der Waals surface area contributed by atoms with E-state index in [0.29, 0.717) is 11.4 Å². The zero-order valence-corrected chi connectivity index (χ0v) is 14.0. The van der Waals surface area contributed by atoms with Gasteiger partial charge in [0.25, 0.3) is 0 Å². The van der Waals surface area contributed by atoms with Crippen LogP contribution in [-0.2, 0) is 6.18 Å². The molecule has 1 aromatic rings. The molecule has 0 aliphatic carbocycles. The van der Waals surface area contributed by atoms with Crippen LogP contribution in [0.1, 0.15) is 49.5 Å². The van der Waals surface area contributed by atoms with Gasteiger partial charge in [0.15, 0.2) is 5.01 Å². The van der Waals surface area contributed by atoms with Gasteiger partial charge in [-0.25, -0.2) is 4.98 Å². The van der Waals surface area contributed by atoms with Crippen LogP contribution in [0.15, 0.2) is 6.20 Å². The number of nitrogens with one attached hydrogen (secondary N) is 1. The van der Waals surface area contributed by atoms with Crippen molar-refractivity contribution >= 4 is 11.3 Å². The Morgan fingerprint density at radius 1 is 1.24 bits per heavy atom. The van der Waals surface area contributed by atoms with Crippen molar-refractivity contribution in [2.24, 2.45) is 0 Å². The molecule has 1 unspecified atom stereocenters. The second-order valence-electron chi connectivity index (χ2n) is 5.26. The first kappa shape index (κ1) is 18.4. The Morgan fingerprint density at radius 3 is 2.14 bits per heavy atom. The zero-order valence-electron chi connectivity index (χ0n) is 13.2. The Bertz CT molecular complexity index is 439. The van der Waals surface area contributed by atoms with Crippen LogP contribution in [0.2, 0.25) is 0 Å². The minimum Gasteiger partial charge on any atom is -0.308 e. The quantitative estimate of drug-likeness (QED) is 0.824. The van der Waals surface area contributed by atoms with Gasteiger partial charge >= 0.3 is 6.18 Å². The standard InChI is InChI=1S/C14H24F3N3S/c1-6-13(7-2,20(4)5)11(18-8-3)10-9-19-12(21-10)14(15,16)17/h9,11,18H,6-8H2,1-5H3. The molecule has 1 rings (SSSR count). The number of alkyl halides is 3. The summed E-state index contributed by atoms with van der Waals surface area (Å²) < 4.78 is 38.4. The Balaban J connectivity index is 3.25. The minimum atomic E-state index is -4.38. The van der Waals surface area contributed by atoms with Crippen LogP contribution in [0.25, 0.3) is 0 Å². The van der Waals surface area contributed by atoms with Gasteiger partial charge in [-0.15, -0.1) is 11.3 Å². The number of aromatic nitrogens is 1. The van der Waals surface area contributed by atoms with Gasteiger partial charge in [0.2, 0.25) is 0 Å². The van der Waals surface area contributed by atoms with E-state index in [1.54, 1.807) is 0 Å². The van der Waals surface area contributed by atoms with Gasteiger partial charge in [0.05, 0.1) is 6.04 Å². The summed E-state index contributed by atoms with van der Waals surface area (Å²) in [5, 5.41) is 2.57. The number of hydrogen-bond donors (Lipinski definition) is 1. The molecule has 0 saturated carbocycles. The highest BCUT2D eigenvalue weighted by Gasteiger charge is 2.41. The van der Waals surface area contributed by atoms with Crippen LogP contribution >= 0.6 is 11.3 Å². The van der Waals surface area contributed by atoms with E-state index >= 15 is 0 Å². The Labute approximate surface area is 128 Å². The fourth-order valence-electron chi connectivity index (χ4n) is 2.86. The SMILES string of the molecule is CCNC(c1cnc(C(F)(F)F)s1)C(CC)(CC)N(C)C. The molecule has 0 fully saturated rings. The van der Waals surface area contributed by atoms with Gasteiger partial charge in [-0.3, -0.25) is 0 Å². The molecular formula is C14H24F3N3S. The number of thiazole rings is 1. The van der Waals surface area contributed by atoms with Crippen LogP contribution in [0, 0.1) is 0 Å². The molecule has 21 heavy (non-hydrogen) atoms. The van der Waals surface area contributed by atoms with Crippen LogP contribution in [0.3, 0.4) is 0 Å². The molecule has 7 heteroatoms. The third-order valence-corrected chi connectivity index (χ3v) is 5.22. The molecule has 0 amide bonds. The monoisotopic (exact) mass is 323 g/mol. The maximum atomic E-state index is 12.8. The lowest BCUT2D eigenvalue weighted by atomic mass is 9.82. The molecule has 1 heterocycles. The van der Waals surface area contributed by atoms with Crippen molar-refractivity contribution in [3.05, 3.63) is 16.1 Å². The van der Waals surface area contributed by atoms with E-state index in [0.717, 1.165) is 24.2 Å². The van der Waals surface area contributed by atoms with Crippen molar-refractivity contribution in [2.75, 3.05) is 20.6 Å². The van der Waals surface area contributed by atoms with Crippen LogP contribution in [0.4, 0.5) is 13.2 Å². The van der Waals surface area contributed by atoms with E-state index < -0.39 is 11.2 Å². The maximum Gasteiger partial charge on any atom is 0.443 e. The van der Waals surface area contributed by atoms with Crippen molar-refractivity contribution in [2.45, 2.75) is 51.4 Å². The number of hydrogen-bond acceptors (Lipinski definition) is 4. The van der Waals surface area contributed by atoms with Crippen LogP contribution in [0.5, 0.6) is 0 Å². The molecular weight excluding hydrogens is 299 g/mol. The van der Waals surface area contributed by atoms with Crippen molar-refractivity contribution < 1.29 is 13.2 Å². The second kappa shape index (κ2) is 7.07. The van der Waals surface area contributed by atoms with Gasteiger partial charge in [-0.1, -0.05) is 20.8 Å². The molecule has 0 saturated heterocycles. The molecule has 0 aliphatic rings. The summed E-state index contributed by atoms with van der Waals surface area (Å²) in [6, 6.07) is -0.166. The summed E-state index contributed by atoms with van der Waals surface area (Å²) in [5.74, 6) is 0. The van der Waals surface area contributed by atoms with E-state index in [9.17, 15) is 13.2 Å². The Kier molecular flexibility index (Phi) is 6.19. The second-order valence-corrected chi connectivity index (χ2v) is 6.32. The molecule has 122 valence electrons. The summed E-state index contributed by atoms with van der Waals surface area (Å²) in [5.41, 5.74) is -0.231. The van der Waals surface area contributed by atoms with Gasteiger partial charge in [-0.05, 0) is 33.5 Å². The van der Waals surface area contributed by atoms with Crippen molar-refractivity contribution in [1.29, 1.82) is 0 Å². The molecule has 1 atom stereocenters. The molecule has 1 N–H and O–H groups in total. The first-order chi connectivity index (χ1) is 9.72. The molecule has 0 spiro atoms. The van der Waals surface area contributed by atoms with Crippen molar-refractivity contribution in [3.8, 4) is 0 Å². The fraction of sp³-hybridized carbons (Fsp3) is 0.786. The van der Waals surface area contributed by atoms with E-state index in [4.69, 9.17) is 0 Å². The lowest BCUT2D eigenvalue weighted by molar-refractivity contribution is -0.137. The van der Waals surface area contributed by atoms with Gasteiger partial charge in [0.1, 0.15) is 0 Å². The van der Waals surface area contributed by atoms with E-state index in [1.165, 1.54) is 6.20 Å². The fourth-order valence-corrected chi connectivity index (χ4v) is 3.83. The van der Waals surface area contributed by atoms with Crippen LogP contribution in [-0.4, -0.2) is 36.1 Å². The number of halogens is 3. The first-order valence-corrected chi connectivity index (χ1v) is 7.98.